The highest BCUT2D eigenvalue weighted by molar-refractivity contribution is 5.99. The number of allylic oxidation sites excluding steroid dienone is 1. The average Bonchev–Trinajstić information content (AvgIpc) is 2.98. The van der Waals surface area contributed by atoms with Crippen molar-refractivity contribution in [3.05, 3.63) is 46.7 Å². The Morgan fingerprint density at radius 1 is 1.41 bits per heavy atom. The molecule has 27 heavy (non-hydrogen) atoms. The van der Waals surface area contributed by atoms with Crippen LogP contribution in [-0.4, -0.2) is 50.5 Å². The number of hydrogen-bond donors (Lipinski definition) is 2. The maximum Gasteiger partial charge on any atom is 0.409 e. The molecule has 0 fully saturated rings. The van der Waals surface area contributed by atoms with E-state index in [1.807, 2.05) is 25.1 Å². The zero-order chi connectivity index (χ0) is 20.0. The lowest BCUT2D eigenvalue weighted by Gasteiger charge is -2.21. The molecule has 1 atom stereocenters. The van der Waals surface area contributed by atoms with Crippen LogP contribution < -0.4 is 10.9 Å². The third kappa shape index (κ3) is 5.20. The Labute approximate surface area is 155 Å². The minimum Gasteiger partial charge on any atom is -0.391 e. The molecule has 1 aliphatic heterocycles. The van der Waals surface area contributed by atoms with E-state index < -0.39 is 12.2 Å². The molecule has 148 valence electrons. The summed E-state index contributed by atoms with van der Waals surface area (Å²) in [5, 5.41) is 4.73. The number of oxime groups is 1. The molecular weight excluding hydrogens is 363 g/mol. The van der Waals surface area contributed by atoms with Crippen molar-refractivity contribution >= 4 is 12.1 Å². The van der Waals surface area contributed by atoms with Gasteiger partial charge in [-0.3, -0.25) is 9.83 Å². The first kappa shape index (κ1) is 20.7. The summed E-state index contributed by atoms with van der Waals surface area (Å²) in [5.41, 5.74) is 8.05. The lowest BCUT2D eigenvalue weighted by Crippen LogP contribution is -2.43. The van der Waals surface area contributed by atoms with Crippen LogP contribution in [0.1, 0.15) is 16.7 Å². The Morgan fingerprint density at radius 2 is 2.15 bits per heavy atom. The summed E-state index contributed by atoms with van der Waals surface area (Å²) in [6.07, 6.45) is -2.11. The van der Waals surface area contributed by atoms with Gasteiger partial charge in [0.05, 0.1) is 19.0 Å². The Hall–Kier alpha value is -2.59. The molecular formula is C17H22F3N5O2. The van der Waals surface area contributed by atoms with Gasteiger partial charge in [0, 0.05) is 25.2 Å². The van der Waals surface area contributed by atoms with E-state index in [4.69, 9.17) is 9.68 Å². The zero-order valence-electron chi connectivity index (χ0n) is 15.5. The van der Waals surface area contributed by atoms with Gasteiger partial charge in [-0.25, -0.2) is 10.5 Å². The number of benzene rings is 1. The number of aryl methyl sites for hydroxylation is 1. The van der Waals surface area contributed by atoms with Gasteiger partial charge in [-0.15, -0.1) is 0 Å². The zero-order valence-corrected chi connectivity index (χ0v) is 15.5. The van der Waals surface area contributed by atoms with E-state index in [1.54, 1.807) is 7.05 Å². The first-order valence-electron chi connectivity index (χ1n) is 8.06. The Morgan fingerprint density at radius 3 is 2.74 bits per heavy atom. The molecule has 2 rings (SSSR count). The van der Waals surface area contributed by atoms with Crippen molar-refractivity contribution < 1.29 is 22.8 Å². The van der Waals surface area contributed by atoms with E-state index in [9.17, 15) is 13.2 Å². The standard InChI is InChI=1S/C17H22F3N5O2/c1-11-6-5-7-13(16(21-2)24-26-4)14(11)10-27-22-9-12-8-15(17(18,19)20)25(3)23-12/h5-9,15,23H,10H2,1-4H3,(H,21,24)/b22-9+. The molecule has 0 saturated heterocycles. The summed E-state index contributed by atoms with van der Waals surface area (Å²) >= 11 is 0. The van der Waals surface area contributed by atoms with E-state index in [1.165, 1.54) is 20.4 Å². The number of rotatable bonds is 6. The maximum absolute atomic E-state index is 12.8. The monoisotopic (exact) mass is 385 g/mol. The van der Waals surface area contributed by atoms with Crippen LogP contribution in [0.15, 0.2) is 40.1 Å². The fraction of sp³-hybridized carbons (Fsp3) is 0.412. The molecule has 0 amide bonds. The molecule has 0 bridgehead atoms. The first-order valence-corrected chi connectivity index (χ1v) is 8.06. The third-order valence-corrected chi connectivity index (χ3v) is 3.96. The van der Waals surface area contributed by atoms with Crippen molar-refractivity contribution in [1.29, 1.82) is 0 Å². The van der Waals surface area contributed by atoms with Gasteiger partial charge < -0.3 is 10.3 Å². The minimum absolute atomic E-state index is 0.120. The van der Waals surface area contributed by atoms with Gasteiger partial charge in [0.25, 0.3) is 0 Å². The van der Waals surface area contributed by atoms with E-state index in [-0.39, 0.29) is 12.3 Å². The number of hydrazine groups is 1. The molecule has 2 N–H and O–H groups in total. The molecule has 0 radical (unpaired) electrons. The van der Waals surface area contributed by atoms with E-state index >= 15 is 0 Å². The van der Waals surface area contributed by atoms with Gasteiger partial charge in [0.2, 0.25) is 0 Å². The number of alkyl halides is 3. The van der Waals surface area contributed by atoms with Gasteiger partial charge in [-0.2, -0.15) is 13.2 Å². The number of hydroxylamine groups is 1. The molecule has 1 aromatic carbocycles. The van der Waals surface area contributed by atoms with Gasteiger partial charge in [-0.05, 0) is 18.6 Å². The molecule has 1 aromatic rings. The number of amidine groups is 1. The molecule has 7 nitrogen and oxygen atoms in total. The van der Waals surface area contributed by atoms with Gasteiger partial charge >= 0.3 is 6.18 Å². The maximum atomic E-state index is 12.8. The van der Waals surface area contributed by atoms with Crippen LogP contribution in [0.4, 0.5) is 13.2 Å². The number of nitrogens with zero attached hydrogens (tertiary/aromatic N) is 3. The number of aliphatic imine (C=N–C) groups is 1. The number of likely N-dealkylation sites (N-methyl/N-ethyl adjacent to an activating group) is 1. The predicted molar refractivity (Wildman–Crippen MR) is 95.9 cm³/mol. The third-order valence-electron chi connectivity index (χ3n) is 3.96. The summed E-state index contributed by atoms with van der Waals surface area (Å²) in [5.74, 6) is 0.526. The summed E-state index contributed by atoms with van der Waals surface area (Å²) in [6.45, 7) is 2.03. The lowest BCUT2D eigenvalue weighted by molar-refractivity contribution is -0.168. The molecule has 1 aliphatic rings. The van der Waals surface area contributed by atoms with E-state index in [2.05, 4.69) is 21.1 Å². The molecule has 10 heteroatoms. The number of nitrogens with one attached hydrogen (secondary N) is 2. The van der Waals surface area contributed by atoms with Crippen LogP contribution >= 0.6 is 0 Å². The van der Waals surface area contributed by atoms with Crippen LogP contribution in [0.5, 0.6) is 0 Å². The number of hydrogen-bond acceptors (Lipinski definition) is 6. The fourth-order valence-electron chi connectivity index (χ4n) is 2.61. The topological polar surface area (TPSA) is 70.5 Å². The number of halogens is 3. The normalized spacial score (nSPS) is 18.6. The molecule has 0 aliphatic carbocycles. The van der Waals surface area contributed by atoms with E-state index in [0.717, 1.165) is 27.8 Å². The van der Waals surface area contributed by atoms with Crippen molar-refractivity contribution in [2.75, 3.05) is 21.2 Å². The highest BCUT2D eigenvalue weighted by Gasteiger charge is 2.44. The van der Waals surface area contributed by atoms with Crippen molar-refractivity contribution in [1.82, 2.24) is 15.9 Å². The van der Waals surface area contributed by atoms with Crippen molar-refractivity contribution in [2.24, 2.45) is 10.1 Å². The van der Waals surface area contributed by atoms with E-state index in [0.29, 0.717) is 5.84 Å². The molecule has 0 aromatic heterocycles. The summed E-state index contributed by atoms with van der Waals surface area (Å²) in [7, 11) is 4.41. The second-order valence-corrected chi connectivity index (χ2v) is 5.82. The summed E-state index contributed by atoms with van der Waals surface area (Å²) < 4.78 is 38.5. The lowest BCUT2D eigenvalue weighted by atomic mass is 10.0. The summed E-state index contributed by atoms with van der Waals surface area (Å²) in [6, 6.07) is 3.94. The summed E-state index contributed by atoms with van der Waals surface area (Å²) in [4.78, 5) is 14.4. The molecule has 1 unspecified atom stereocenters. The van der Waals surface area contributed by atoms with Crippen LogP contribution in [0.3, 0.4) is 0 Å². The average molecular weight is 385 g/mol. The van der Waals surface area contributed by atoms with Crippen LogP contribution in [0.2, 0.25) is 0 Å². The van der Waals surface area contributed by atoms with Crippen molar-refractivity contribution in [3.63, 3.8) is 0 Å². The highest BCUT2D eigenvalue weighted by atomic mass is 19.4. The fourth-order valence-corrected chi connectivity index (χ4v) is 2.61. The van der Waals surface area contributed by atoms with Crippen LogP contribution in [-0.2, 0) is 16.3 Å². The second kappa shape index (κ2) is 8.87. The van der Waals surface area contributed by atoms with Gasteiger partial charge in [0.1, 0.15) is 12.6 Å². The highest BCUT2D eigenvalue weighted by Crippen LogP contribution is 2.27. The molecule has 1 heterocycles. The Bertz CT molecular complexity index is 747. The van der Waals surface area contributed by atoms with Gasteiger partial charge in [0.15, 0.2) is 5.84 Å². The SMILES string of the molecule is CN=C(NOC)c1cccc(C)c1CO/N=C/C1=CC(C(F)(F)F)N(C)N1. The Balaban J connectivity index is 2.07. The minimum atomic E-state index is -4.36. The van der Waals surface area contributed by atoms with Crippen LogP contribution in [0, 0.1) is 6.92 Å². The smallest absolute Gasteiger partial charge is 0.391 e. The van der Waals surface area contributed by atoms with Crippen LogP contribution in [0.25, 0.3) is 0 Å². The first-order chi connectivity index (χ1) is 12.8. The second-order valence-electron chi connectivity index (χ2n) is 5.82. The predicted octanol–water partition coefficient (Wildman–Crippen LogP) is 2.29. The van der Waals surface area contributed by atoms with Crippen molar-refractivity contribution in [3.8, 4) is 0 Å². The Kier molecular flexibility index (Phi) is 6.81. The molecule has 0 saturated carbocycles. The largest absolute Gasteiger partial charge is 0.409 e. The quantitative estimate of drug-likeness (QED) is 0.447. The molecule has 0 spiro atoms. The van der Waals surface area contributed by atoms with Crippen molar-refractivity contribution in [2.45, 2.75) is 25.7 Å². The van der Waals surface area contributed by atoms with Gasteiger partial charge in [-0.1, -0.05) is 23.4 Å².